The topological polar surface area (TPSA) is 41.6 Å². The number of urea groups is 1. The number of carbonyl (C=O) groups is 1. The second-order valence-electron chi connectivity index (χ2n) is 8.24. The van der Waals surface area contributed by atoms with Crippen LogP contribution in [0.15, 0.2) is 60.7 Å². The molecule has 150 valence electrons. The standard InChI is InChI=1S/C24H32N2O2/c1-19(24(2,3)21-12-8-5-9-13-21)25-23(27)26-16-14-22(15-17-26)28-18-20-10-6-4-7-11-20/h4-13,19,22H,14-18H2,1-3H3,(H,25,27)/t19-/m1/s1. The summed E-state index contributed by atoms with van der Waals surface area (Å²) < 4.78 is 6.03. The number of nitrogens with one attached hydrogen (secondary N) is 1. The van der Waals surface area contributed by atoms with Crippen molar-refractivity contribution in [2.75, 3.05) is 13.1 Å². The Morgan fingerprint density at radius 1 is 1.07 bits per heavy atom. The van der Waals surface area contributed by atoms with Crippen LogP contribution in [0.5, 0.6) is 0 Å². The van der Waals surface area contributed by atoms with Crippen LogP contribution >= 0.6 is 0 Å². The van der Waals surface area contributed by atoms with Crippen LogP contribution in [0, 0.1) is 0 Å². The van der Waals surface area contributed by atoms with Crippen molar-refractivity contribution < 1.29 is 9.53 Å². The van der Waals surface area contributed by atoms with E-state index in [0.29, 0.717) is 6.61 Å². The molecule has 0 aromatic heterocycles. The van der Waals surface area contributed by atoms with E-state index >= 15 is 0 Å². The Balaban J connectivity index is 1.46. The van der Waals surface area contributed by atoms with Crippen molar-refractivity contribution in [3.05, 3.63) is 71.8 Å². The summed E-state index contributed by atoms with van der Waals surface area (Å²) in [7, 11) is 0. The molecular weight excluding hydrogens is 348 g/mol. The molecule has 1 fully saturated rings. The molecule has 1 N–H and O–H groups in total. The summed E-state index contributed by atoms with van der Waals surface area (Å²) in [6.45, 7) is 8.56. The lowest BCUT2D eigenvalue weighted by Crippen LogP contribution is -2.52. The number of carbonyl (C=O) groups excluding carboxylic acids is 1. The molecule has 0 aliphatic carbocycles. The van der Waals surface area contributed by atoms with Crippen molar-refractivity contribution >= 4 is 6.03 Å². The maximum atomic E-state index is 12.7. The van der Waals surface area contributed by atoms with E-state index in [1.807, 2.05) is 41.3 Å². The summed E-state index contributed by atoms with van der Waals surface area (Å²) >= 11 is 0. The minimum absolute atomic E-state index is 0.0259. The number of likely N-dealkylation sites (tertiary alicyclic amines) is 1. The molecule has 2 aromatic rings. The molecule has 3 rings (SSSR count). The first-order chi connectivity index (χ1) is 13.5. The van der Waals surface area contributed by atoms with Crippen molar-refractivity contribution in [2.24, 2.45) is 0 Å². The Morgan fingerprint density at radius 3 is 2.25 bits per heavy atom. The summed E-state index contributed by atoms with van der Waals surface area (Å²) in [5.41, 5.74) is 2.30. The maximum absolute atomic E-state index is 12.7. The van der Waals surface area contributed by atoms with Crippen molar-refractivity contribution in [1.29, 1.82) is 0 Å². The number of benzene rings is 2. The van der Waals surface area contributed by atoms with Crippen LogP contribution < -0.4 is 5.32 Å². The Bertz CT molecular complexity index is 738. The zero-order valence-corrected chi connectivity index (χ0v) is 17.2. The Labute approximate surface area is 168 Å². The molecule has 1 saturated heterocycles. The number of hydrogen-bond donors (Lipinski definition) is 1. The van der Waals surface area contributed by atoms with E-state index in [2.05, 4.69) is 50.4 Å². The average molecular weight is 381 g/mol. The monoisotopic (exact) mass is 380 g/mol. The molecule has 0 radical (unpaired) electrons. The SMILES string of the molecule is C[C@@H](NC(=O)N1CCC(OCc2ccccc2)CC1)C(C)(C)c1ccccc1. The molecular formula is C24H32N2O2. The highest BCUT2D eigenvalue weighted by atomic mass is 16.5. The van der Waals surface area contributed by atoms with E-state index in [0.717, 1.165) is 25.9 Å². The van der Waals surface area contributed by atoms with E-state index in [4.69, 9.17) is 4.74 Å². The van der Waals surface area contributed by atoms with Crippen molar-refractivity contribution in [3.63, 3.8) is 0 Å². The fourth-order valence-electron chi connectivity index (χ4n) is 3.59. The second-order valence-corrected chi connectivity index (χ2v) is 8.24. The number of amides is 2. The fourth-order valence-corrected chi connectivity index (χ4v) is 3.59. The van der Waals surface area contributed by atoms with Gasteiger partial charge in [-0.25, -0.2) is 4.79 Å². The number of ether oxygens (including phenoxy) is 1. The summed E-state index contributed by atoms with van der Waals surface area (Å²) in [6.07, 6.45) is 2.00. The number of nitrogens with zero attached hydrogens (tertiary/aromatic N) is 1. The number of piperidine rings is 1. The highest BCUT2D eigenvalue weighted by Crippen LogP contribution is 2.27. The van der Waals surface area contributed by atoms with Crippen molar-refractivity contribution in [2.45, 2.75) is 57.8 Å². The van der Waals surface area contributed by atoms with Gasteiger partial charge >= 0.3 is 6.03 Å². The van der Waals surface area contributed by atoms with Gasteiger partial charge in [-0.1, -0.05) is 74.5 Å². The third kappa shape index (κ3) is 5.14. The van der Waals surface area contributed by atoms with E-state index in [-0.39, 0.29) is 23.6 Å². The lowest BCUT2D eigenvalue weighted by atomic mass is 9.78. The van der Waals surface area contributed by atoms with E-state index in [1.165, 1.54) is 11.1 Å². The van der Waals surface area contributed by atoms with Gasteiger partial charge in [-0.2, -0.15) is 0 Å². The van der Waals surface area contributed by atoms with Crippen LogP contribution in [0.1, 0.15) is 44.7 Å². The lowest BCUT2D eigenvalue weighted by molar-refractivity contribution is 0.00417. The lowest BCUT2D eigenvalue weighted by Gasteiger charge is -2.37. The summed E-state index contributed by atoms with van der Waals surface area (Å²) in [5.74, 6) is 0. The van der Waals surface area contributed by atoms with E-state index in [9.17, 15) is 4.79 Å². The largest absolute Gasteiger partial charge is 0.373 e. The van der Waals surface area contributed by atoms with Crippen LogP contribution in [0.4, 0.5) is 4.79 Å². The van der Waals surface area contributed by atoms with Crippen LogP contribution in [-0.2, 0) is 16.8 Å². The van der Waals surface area contributed by atoms with Crippen molar-refractivity contribution in [3.8, 4) is 0 Å². The van der Waals surface area contributed by atoms with Gasteiger partial charge in [-0.05, 0) is 30.9 Å². The second kappa shape index (κ2) is 9.24. The van der Waals surface area contributed by atoms with Gasteiger partial charge in [0.15, 0.2) is 0 Å². The molecule has 2 amide bonds. The summed E-state index contributed by atoms with van der Waals surface area (Å²) in [6, 6.07) is 20.7. The highest BCUT2D eigenvalue weighted by molar-refractivity contribution is 5.74. The van der Waals surface area contributed by atoms with Crippen LogP contribution in [0.2, 0.25) is 0 Å². The molecule has 2 aromatic carbocycles. The molecule has 4 nitrogen and oxygen atoms in total. The van der Waals surface area contributed by atoms with Crippen LogP contribution in [-0.4, -0.2) is 36.2 Å². The molecule has 28 heavy (non-hydrogen) atoms. The highest BCUT2D eigenvalue weighted by Gasteiger charge is 2.31. The van der Waals surface area contributed by atoms with Gasteiger partial charge in [0.25, 0.3) is 0 Å². The van der Waals surface area contributed by atoms with E-state index in [1.54, 1.807) is 0 Å². The molecule has 0 spiro atoms. The van der Waals surface area contributed by atoms with Gasteiger partial charge in [-0.15, -0.1) is 0 Å². The third-order valence-corrected chi connectivity index (χ3v) is 6.00. The quantitative estimate of drug-likeness (QED) is 0.786. The first-order valence-electron chi connectivity index (χ1n) is 10.2. The van der Waals surface area contributed by atoms with Crippen molar-refractivity contribution in [1.82, 2.24) is 10.2 Å². The predicted molar refractivity (Wildman–Crippen MR) is 113 cm³/mol. The molecule has 1 atom stereocenters. The molecule has 1 heterocycles. The van der Waals surface area contributed by atoms with Gasteiger partial charge in [-0.3, -0.25) is 0 Å². The number of rotatable bonds is 6. The molecule has 0 unspecified atom stereocenters. The minimum atomic E-state index is -0.131. The zero-order valence-electron chi connectivity index (χ0n) is 17.2. The molecule has 4 heteroatoms. The normalized spacial score (nSPS) is 16.6. The Hall–Kier alpha value is -2.33. The Kier molecular flexibility index (Phi) is 6.74. The maximum Gasteiger partial charge on any atom is 0.317 e. The summed E-state index contributed by atoms with van der Waals surface area (Å²) in [5, 5.41) is 3.21. The smallest absolute Gasteiger partial charge is 0.317 e. The average Bonchev–Trinajstić information content (AvgIpc) is 2.74. The van der Waals surface area contributed by atoms with Gasteiger partial charge in [0, 0.05) is 24.5 Å². The zero-order chi connectivity index (χ0) is 20.0. The minimum Gasteiger partial charge on any atom is -0.373 e. The van der Waals surface area contributed by atoms with Crippen LogP contribution in [0.25, 0.3) is 0 Å². The molecule has 1 aliphatic heterocycles. The first-order valence-corrected chi connectivity index (χ1v) is 10.2. The third-order valence-electron chi connectivity index (χ3n) is 6.00. The van der Waals surface area contributed by atoms with Gasteiger partial charge in [0.2, 0.25) is 0 Å². The first kappa shape index (κ1) is 20.4. The number of hydrogen-bond acceptors (Lipinski definition) is 2. The molecule has 1 aliphatic rings. The molecule has 0 bridgehead atoms. The van der Waals surface area contributed by atoms with Gasteiger partial charge < -0.3 is 15.0 Å². The fraction of sp³-hybridized carbons (Fsp3) is 0.458. The van der Waals surface area contributed by atoms with Crippen LogP contribution in [0.3, 0.4) is 0 Å². The predicted octanol–water partition coefficient (Wildman–Crippen LogP) is 4.74. The van der Waals surface area contributed by atoms with Gasteiger partial charge in [0.05, 0.1) is 12.7 Å². The van der Waals surface area contributed by atoms with E-state index < -0.39 is 0 Å². The summed E-state index contributed by atoms with van der Waals surface area (Å²) in [4.78, 5) is 14.7. The van der Waals surface area contributed by atoms with Gasteiger partial charge in [0.1, 0.15) is 0 Å². The Morgan fingerprint density at radius 2 is 1.64 bits per heavy atom. The molecule has 0 saturated carbocycles.